The lowest BCUT2D eigenvalue weighted by molar-refractivity contribution is -0.139. The molecule has 10 heteroatoms. The predicted octanol–water partition coefficient (Wildman–Crippen LogP) is 1.26. The monoisotopic (exact) mass is 475 g/mol. The molecule has 3 heterocycles. The van der Waals surface area contributed by atoms with Gasteiger partial charge in [-0.2, -0.15) is 5.10 Å². The van der Waals surface area contributed by atoms with E-state index in [2.05, 4.69) is 34.6 Å². The molecule has 0 spiro atoms. The number of nitrogens with one attached hydrogen (secondary N) is 2. The van der Waals surface area contributed by atoms with Gasteiger partial charge in [0.15, 0.2) is 0 Å². The third-order valence-electron chi connectivity index (χ3n) is 6.85. The zero-order valence-corrected chi connectivity index (χ0v) is 21.3. The van der Waals surface area contributed by atoms with Crippen molar-refractivity contribution in [2.75, 3.05) is 33.2 Å². The van der Waals surface area contributed by atoms with E-state index in [1.807, 2.05) is 16.5 Å². The van der Waals surface area contributed by atoms with E-state index in [-0.39, 0.29) is 29.7 Å². The number of carbonyl (C=O) groups excluding carboxylic acids is 3. The van der Waals surface area contributed by atoms with E-state index >= 15 is 0 Å². The Kier molecular flexibility index (Phi) is 9.04. The number of aromatic nitrogens is 3. The number of likely N-dealkylation sites (N-methyl/N-ethyl adjacent to an activating group) is 1. The standard InChI is InChI=1S/C24H41N7O3/c1-16(2)14-20-22-26-18(4)28-31(22)13-12-30(24(34)19-8-6-10-25-15-19)11-7-9-21(32)29(5)17(3)23(33)27-20/h16-17,19-20,25H,6-15H2,1-5H3,(H,27,33)/t17-,19+,20+/m0/s1. The van der Waals surface area contributed by atoms with Gasteiger partial charge in [-0.25, -0.2) is 9.67 Å². The van der Waals surface area contributed by atoms with Gasteiger partial charge in [0.1, 0.15) is 17.7 Å². The minimum absolute atomic E-state index is 0.0315. The van der Waals surface area contributed by atoms with Crippen LogP contribution in [0.3, 0.4) is 0 Å². The van der Waals surface area contributed by atoms with Crippen LogP contribution >= 0.6 is 0 Å². The maximum Gasteiger partial charge on any atom is 0.243 e. The van der Waals surface area contributed by atoms with Crippen LogP contribution in [0.4, 0.5) is 0 Å². The van der Waals surface area contributed by atoms with Crippen LogP contribution in [-0.4, -0.2) is 81.6 Å². The van der Waals surface area contributed by atoms with Crippen LogP contribution in [0.1, 0.15) is 70.6 Å². The highest BCUT2D eigenvalue weighted by Crippen LogP contribution is 2.22. The minimum Gasteiger partial charge on any atom is -0.344 e. The van der Waals surface area contributed by atoms with Crippen LogP contribution in [0.25, 0.3) is 0 Å². The van der Waals surface area contributed by atoms with Crippen LogP contribution in [-0.2, 0) is 20.9 Å². The molecule has 1 fully saturated rings. The van der Waals surface area contributed by atoms with Crippen molar-refractivity contribution in [1.29, 1.82) is 0 Å². The number of nitrogens with zero attached hydrogens (tertiary/aromatic N) is 5. The van der Waals surface area contributed by atoms with Crippen molar-refractivity contribution in [3.05, 3.63) is 11.6 Å². The summed E-state index contributed by atoms with van der Waals surface area (Å²) in [6.07, 6.45) is 3.43. The number of hydrogen-bond acceptors (Lipinski definition) is 6. The summed E-state index contributed by atoms with van der Waals surface area (Å²) in [5.41, 5.74) is 0. The summed E-state index contributed by atoms with van der Waals surface area (Å²) in [5, 5.41) is 11.0. The lowest BCUT2D eigenvalue weighted by Crippen LogP contribution is -2.48. The fourth-order valence-corrected chi connectivity index (χ4v) is 4.74. The van der Waals surface area contributed by atoms with Gasteiger partial charge < -0.3 is 20.4 Å². The fraction of sp³-hybridized carbons (Fsp3) is 0.792. The van der Waals surface area contributed by atoms with Crippen molar-refractivity contribution >= 4 is 17.7 Å². The Morgan fingerprint density at radius 2 is 1.94 bits per heavy atom. The van der Waals surface area contributed by atoms with Crippen LogP contribution in [0.5, 0.6) is 0 Å². The number of piperidine rings is 1. The molecule has 3 atom stereocenters. The summed E-state index contributed by atoms with van der Waals surface area (Å²) in [6, 6.07) is -0.928. The molecule has 3 rings (SSSR count). The van der Waals surface area contributed by atoms with Crippen LogP contribution in [0, 0.1) is 18.8 Å². The number of amides is 3. The van der Waals surface area contributed by atoms with Gasteiger partial charge in [-0.15, -0.1) is 0 Å². The van der Waals surface area contributed by atoms with Gasteiger partial charge in [0.2, 0.25) is 17.7 Å². The van der Waals surface area contributed by atoms with Gasteiger partial charge >= 0.3 is 0 Å². The number of aryl methyl sites for hydroxylation is 1. The van der Waals surface area contributed by atoms with Crippen LogP contribution < -0.4 is 10.6 Å². The van der Waals surface area contributed by atoms with E-state index < -0.39 is 6.04 Å². The summed E-state index contributed by atoms with van der Waals surface area (Å²) in [4.78, 5) is 47.2. The summed E-state index contributed by atoms with van der Waals surface area (Å²) >= 11 is 0. The van der Waals surface area contributed by atoms with E-state index in [4.69, 9.17) is 0 Å². The van der Waals surface area contributed by atoms with E-state index in [0.717, 1.165) is 19.4 Å². The van der Waals surface area contributed by atoms with Crippen LogP contribution in [0.15, 0.2) is 0 Å². The lowest BCUT2D eigenvalue weighted by atomic mass is 9.98. The second-order valence-electron chi connectivity index (χ2n) is 10.1. The van der Waals surface area contributed by atoms with Crippen molar-refractivity contribution in [2.24, 2.45) is 11.8 Å². The molecule has 0 aliphatic carbocycles. The van der Waals surface area contributed by atoms with E-state index in [1.54, 1.807) is 14.0 Å². The van der Waals surface area contributed by atoms with Crippen LogP contribution in [0.2, 0.25) is 0 Å². The van der Waals surface area contributed by atoms with Gasteiger partial charge in [0.25, 0.3) is 0 Å². The second-order valence-corrected chi connectivity index (χ2v) is 10.1. The van der Waals surface area contributed by atoms with Gasteiger partial charge in [-0.1, -0.05) is 13.8 Å². The zero-order chi connectivity index (χ0) is 24.8. The third kappa shape index (κ3) is 6.55. The molecular weight excluding hydrogens is 434 g/mol. The molecular formula is C24H41N7O3. The molecule has 0 unspecified atom stereocenters. The third-order valence-corrected chi connectivity index (χ3v) is 6.85. The first kappa shape index (κ1) is 26.1. The summed E-state index contributed by atoms with van der Waals surface area (Å²) < 4.78 is 1.84. The Hall–Kier alpha value is -2.49. The molecule has 0 saturated carbocycles. The number of fused-ring (bicyclic) bond motifs is 1. The lowest BCUT2D eigenvalue weighted by Gasteiger charge is -2.31. The predicted molar refractivity (Wildman–Crippen MR) is 129 cm³/mol. The number of carbonyl (C=O) groups is 3. The molecule has 1 aromatic rings. The first-order valence-electron chi connectivity index (χ1n) is 12.6. The Morgan fingerprint density at radius 1 is 1.18 bits per heavy atom. The quantitative estimate of drug-likeness (QED) is 0.681. The SMILES string of the molecule is Cc1nc2n(n1)CCN(C(=O)[C@@H]1CCCNC1)CCCC(=O)N(C)[C@@H](C)C(=O)N[C@@H]2CC(C)C. The normalized spacial score (nSPS) is 25.6. The van der Waals surface area contributed by atoms with Gasteiger partial charge in [0.05, 0.1) is 18.5 Å². The van der Waals surface area contributed by atoms with E-state index in [0.29, 0.717) is 63.0 Å². The molecule has 2 aliphatic heterocycles. The number of hydrogen-bond donors (Lipinski definition) is 2. The van der Waals surface area contributed by atoms with Gasteiger partial charge in [-0.05, 0) is 52.0 Å². The average molecular weight is 476 g/mol. The molecule has 34 heavy (non-hydrogen) atoms. The Balaban J connectivity index is 1.90. The second kappa shape index (κ2) is 11.8. The minimum atomic E-state index is -0.603. The Morgan fingerprint density at radius 3 is 2.62 bits per heavy atom. The molecule has 1 saturated heterocycles. The first-order valence-corrected chi connectivity index (χ1v) is 12.6. The molecule has 2 N–H and O–H groups in total. The molecule has 0 radical (unpaired) electrons. The van der Waals surface area contributed by atoms with Gasteiger partial charge in [0, 0.05) is 33.1 Å². The van der Waals surface area contributed by atoms with Crippen molar-refractivity contribution in [1.82, 2.24) is 35.2 Å². The molecule has 0 aromatic carbocycles. The zero-order valence-electron chi connectivity index (χ0n) is 21.3. The molecule has 2 aliphatic rings. The molecule has 190 valence electrons. The van der Waals surface area contributed by atoms with E-state index in [9.17, 15) is 14.4 Å². The topological polar surface area (TPSA) is 112 Å². The molecule has 0 bridgehead atoms. The van der Waals surface area contributed by atoms with Crippen molar-refractivity contribution in [2.45, 2.75) is 78.4 Å². The van der Waals surface area contributed by atoms with Crippen molar-refractivity contribution in [3.8, 4) is 0 Å². The highest BCUT2D eigenvalue weighted by atomic mass is 16.2. The fourth-order valence-electron chi connectivity index (χ4n) is 4.74. The van der Waals surface area contributed by atoms with E-state index in [1.165, 1.54) is 4.90 Å². The largest absolute Gasteiger partial charge is 0.344 e. The van der Waals surface area contributed by atoms with Crippen molar-refractivity contribution < 1.29 is 14.4 Å². The van der Waals surface area contributed by atoms with Gasteiger partial charge in [-0.3, -0.25) is 14.4 Å². The molecule has 3 amide bonds. The average Bonchev–Trinajstić information content (AvgIpc) is 3.19. The highest BCUT2D eigenvalue weighted by molar-refractivity contribution is 5.87. The van der Waals surface area contributed by atoms with Crippen molar-refractivity contribution in [3.63, 3.8) is 0 Å². The Labute approximate surface area is 202 Å². The molecule has 10 nitrogen and oxygen atoms in total. The summed E-state index contributed by atoms with van der Waals surface area (Å²) in [6.45, 7) is 10.9. The smallest absolute Gasteiger partial charge is 0.243 e. The Bertz CT molecular complexity index is 863. The number of rotatable bonds is 3. The first-order chi connectivity index (χ1) is 16.2. The summed E-state index contributed by atoms with van der Waals surface area (Å²) in [5.74, 6) is 1.47. The highest BCUT2D eigenvalue weighted by Gasteiger charge is 2.30. The maximum atomic E-state index is 13.3. The summed E-state index contributed by atoms with van der Waals surface area (Å²) in [7, 11) is 1.67. The maximum absolute atomic E-state index is 13.3. The molecule has 1 aromatic heterocycles.